The van der Waals surface area contributed by atoms with Crippen LogP contribution in [0, 0.1) is 5.92 Å². The molecule has 0 amide bonds. The molecule has 0 atom stereocenters. The van der Waals surface area contributed by atoms with Crippen LogP contribution in [0.2, 0.25) is 0 Å². The Morgan fingerprint density at radius 3 is 2.70 bits per heavy atom. The molecule has 1 aliphatic carbocycles. The maximum Gasteiger partial charge on any atom is 0.112 e. The van der Waals surface area contributed by atoms with Crippen molar-refractivity contribution in [3.8, 4) is 0 Å². The maximum absolute atomic E-state index is 5.80. The smallest absolute Gasteiger partial charge is 0.112 e. The number of nitrogens with two attached hydrogens (primary N) is 1. The number of hydrogen-bond donors (Lipinski definition) is 1. The third-order valence-corrected chi connectivity index (χ3v) is 5.09. The molecule has 20 heavy (non-hydrogen) atoms. The van der Waals surface area contributed by atoms with Crippen LogP contribution in [0.1, 0.15) is 44.3 Å². The zero-order valence-electron chi connectivity index (χ0n) is 12.0. The van der Waals surface area contributed by atoms with E-state index in [0.29, 0.717) is 5.92 Å². The molecule has 1 aromatic carbocycles. The van der Waals surface area contributed by atoms with Crippen molar-refractivity contribution in [1.29, 1.82) is 0 Å². The lowest BCUT2D eigenvalue weighted by Crippen LogP contribution is -2.22. The molecule has 2 aromatic rings. The molecule has 0 spiro atoms. The van der Waals surface area contributed by atoms with E-state index in [1.54, 1.807) is 0 Å². The van der Waals surface area contributed by atoms with Gasteiger partial charge in [-0.05, 0) is 63.3 Å². The van der Waals surface area contributed by atoms with Gasteiger partial charge >= 0.3 is 0 Å². The van der Waals surface area contributed by atoms with Crippen LogP contribution < -0.4 is 5.73 Å². The molecule has 0 unspecified atom stereocenters. The van der Waals surface area contributed by atoms with Crippen LogP contribution >= 0.6 is 15.9 Å². The lowest BCUT2D eigenvalue weighted by molar-refractivity contribution is 0.321. The Morgan fingerprint density at radius 1 is 1.30 bits per heavy atom. The third kappa shape index (κ3) is 2.51. The van der Waals surface area contributed by atoms with Crippen molar-refractivity contribution in [3.63, 3.8) is 0 Å². The zero-order valence-corrected chi connectivity index (χ0v) is 13.6. The molecule has 1 aromatic heterocycles. The van der Waals surface area contributed by atoms with E-state index in [-0.39, 0.29) is 0 Å². The third-order valence-electron chi connectivity index (χ3n) is 4.60. The summed E-state index contributed by atoms with van der Waals surface area (Å²) in [5.41, 5.74) is 8.16. The van der Waals surface area contributed by atoms with Gasteiger partial charge in [-0.25, -0.2) is 4.98 Å². The van der Waals surface area contributed by atoms with E-state index in [1.165, 1.54) is 37.0 Å². The minimum absolute atomic E-state index is 0.601. The summed E-state index contributed by atoms with van der Waals surface area (Å²) in [6.07, 6.45) is 4.95. The minimum atomic E-state index is 0.601. The van der Waals surface area contributed by atoms with Crippen molar-refractivity contribution in [2.45, 2.75) is 45.1 Å². The van der Waals surface area contributed by atoms with Crippen molar-refractivity contribution < 1.29 is 0 Å². The average Bonchev–Trinajstić information content (AvgIpc) is 2.84. The second kappa shape index (κ2) is 5.86. The lowest BCUT2D eigenvalue weighted by Gasteiger charge is -2.27. The van der Waals surface area contributed by atoms with Crippen LogP contribution in [0.15, 0.2) is 22.7 Å². The fourth-order valence-electron chi connectivity index (χ4n) is 3.42. The standard InChI is InChI=1S/C16H22BrN3/c1-2-20-15-8-7-13(17)9-14(15)19-16(20)12-5-3-11(10-18)4-6-12/h7-9,11-12H,2-6,10,18H2,1H3. The van der Waals surface area contributed by atoms with Crippen molar-refractivity contribution in [3.05, 3.63) is 28.5 Å². The normalized spacial score (nSPS) is 23.4. The predicted octanol–water partition coefficient (Wildman–Crippen LogP) is 4.05. The van der Waals surface area contributed by atoms with E-state index < -0.39 is 0 Å². The highest BCUT2D eigenvalue weighted by Gasteiger charge is 2.25. The van der Waals surface area contributed by atoms with Gasteiger partial charge in [0.2, 0.25) is 0 Å². The second-order valence-corrected chi connectivity index (χ2v) is 6.72. The Morgan fingerprint density at radius 2 is 2.05 bits per heavy atom. The first-order chi connectivity index (χ1) is 9.72. The fourth-order valence-corrected chi connectivity index (χ4v) is 3.77. The lowest BCUT2D eigenvalue weighted by atomic mass is 9.81. The fraction of sp³-hybridized carbons (Fsp3) is 0.562. The number of halogens is 1. The average molecular weight is 336 g/mol. The van der Waals surface area contributed by atoms with Crippen molar-refractivity contribution in [2.24, 2.45) is 11.7 Å². The van der Waals surface area contributed by atoms with Crippen LogP contribution in [0.4, 0.5) is 0 Å². The second-order valence-electron chi connectivity index (χ2n) is 5.80. The SMILES string of the molecule is CCn1c(C2CCC(CN)CC2)nc2cc(Br)ccc21. The molecule has 1 aliphatic rings. The number of benzene rings is 1. The summed E-state index contributed by atoms with van der Waals surface area (Å²) in [5.74, 6) is 2.60. The number of hydrogen-bond acceptors (Lipinski definition) is 2. The number of rotatable bonds is 3. The van der Waals surface area contributed by atoms with Crippen molar-refractivity contribution >= 4 is 27.0 Å². The summed E-state index contributed by atoms with van der Waals surface area (Å²) in [6.45, 7) is 4.03. The molecule has 1 saturated carbocycles. The van der Waals surface area contributed by atoms with Crippen LogP contribution in [0.5, 0.6) is 0 Å². The van der Waals surface area contributed by atoms with Gasteiger partial charge in [0, 0.05) is 16.9 Å². The molecule has 0 bridgehead atoms. The molecule has 3 rings (SSSR count). The highest BCUT2D eigenvalue weighted by Crippen LogP contribution is 2.36. The number of imidazole rings is 1. The quantitative estimate of drug-likeness (QED) is 0.919. The van der Waals surface area contributed by atoms with Gasteiger partial charge in [-0.2, -0.15) is 0 Å². The highest BCUT2D eigenvalue weighted by molar-refractivity contribution is 9.10. The maximum atomic E-state index is 5.80. The number of aromatic nitrogens is 2. The van der Waals surface area contributed by atoms with Gasteiger partial charge in [-0.15, -0.1) is 0 Å². The van der Waals surface area contributed by atoms with Gasteiger partial charge < -0.3 is 10.3 Å². The molecule has 0 radical (unpaired) electrons. The number of aryl methyl sites for hydroxylation is 1. The van der Waals surface area contributed by atoms with Gasteiger partial charge in [0.15, 0.2) is 0 Å². The zero-order chi connectivity index (χ0) is 14.1. The Bertz CT molecular complexity index is 597. The molecule has 2 N–H and O–H groups in total. The summed E-state index contributed by atoms with van der Waals surface area (Å²) in [5, 5.41) is 0. The molecule has 1 heterocycles. The van der Waals surface area contributed by atoms with Gasteiger partial charge in [-0.1, -0.05) is 15.9 Å². The van der Waals surface area contributed by atoms with E-state index in [2.05, 4.69) is 45.6 Å². The predicted molar refractivity (Wildman–Crippen MR) is 86.9 cm³/mol. The molecule has 108 valence electrons. The molecular weight excluding hydrogens is 314 g/mol. The molecule has 0 saturated heterocycles. The van der Waals surface area contributed by atoms with Gasteiger partial charge in [0.25, 0.3) is 0 Å². The first kappa shape index (κ1) is 14.1. The largest absolute Gasteiger partial charge is 0.330 e. The molecular formula is C16H22BrN3. The van der Waals surface area contributed by atoms with Crippen molar-refractivity contribution in [1.82, 2.24) is 9.55 Å². The monoisotopic (exact) mass is 335 g/mol. The van der Waals surface area contributed by atoms with Crippen LogP contribution in [-0.2, 0) is 6.54 Å². The molecule has 1 fully saturated rings. The van der Waals surface area contributed by atoms with Crippen LogP contribution in [-0.4, -0.2) is 16.1 Å². The molecule has 4 heteroatoms. The summed E-state index contributed by atoms with van der Waals surface area (Å²) < 4.78 is 3.49. The van der Waals surface area contributed by atoms with Crippen LogP contribution in [0.3, 0.4) is 0 Å². The Labute approximate surface area is 128 Å². The summed E-state index contributed by atoms with van der Waals surface area (Å²) >= 11 is 3.54. The van der Waals surface area contributed by atoms with E-state index in [9.17, 15) is 0 Å². The van der Waals surface area contributed by atoms with E-state index in [4.69, 9.17) is 10.7 Å². The highest BCUT2D eigenvalue weighted by atomic mass is 79.9. The van der Waals surface area contributed by atoms with Crippen molar-refractivity contribution in [2.75, 3.05) is 6.54 Å². The van der Waals surface area contributed by atoms with Gasteiger partial charge in [0.05, 0.1) is 11.0 Å². The topological polar surface area (TPSA) is 43.8 Å². The molecule has 3 nitrogen and oxygen atoms in total. The summed E-state index contributed by atoms with van der Waals surface area (Å²) in [4.78, 5) is 4.92. The van der Waals surface area contributed by atoms with Gasteiger partial charge in [0.1, 0.15) is 5.82 Å². The van der Waals surface area contributed by atoms with E-state index in [1.807, 2.05) is 0 Å². The van der Waals surface area contributed by atoms with Crippen LogP contribution in [0.25, 0.3) is 11.0 Å². The Kier molecular flexibility index (Phi) is 4.13. The van der Waals surface area contributed by atoms with E-state index >= 15 is 0 Å². The van der Waals surface area contributed by atoms with Gasteiger partial charge in [-0.3, -0.25) is 0 Å². The van der Waals surface area contributed by atoms with E-state index in [0.717, 1.165) is 29.0 Å². The Hall–Kier alpha value is -0.870. The number of fused-ring (bicyclic) bond motifs is 1. The first-order valence-corrected chi connectivity index (χ1v) is 8.38. The summed E-state index contributed by atoms with van der Waals surface area (Å²) in [7, 11) is 0. The molecule has 0 aliphatic heterocycles. The summed E-state index contributed by atoms with van der Waals surface area (Å²) in [6, 6.07) is 6.40. The Balaban J connectivity index is 1.95. The first-order valence-electron chi connectivity index (χ1n) is 7.58. The number of nitrogens with zero attached hydrogens (tertiary/aromatic N) is 2. The minimum Gasteiger partial charge on any atom is -0.330 e.